The zero-order valence-electron chi connectivity index (χ0n) is 43.4. The van der Waals surface area contributed by atoms with Gasteiger partial charge in [-0.2, -0.15) is 0 Å². The van der Waals surface area contributed by atoms with Gasteiger partial charge in [0.15, 0.2) is 0 Å². The molecule has 0 spiro atoms. The van der Waals surface area contributed by atoms with Crippen molar-refractivity contribution in [3.8, 4) is 0 Å². The summed E-state index contributed by atoms with van der Waals surface area (Å²) in [7, 11) is 0. The molecule has 64 heavy (non-hydrogen) atoms. The molecule has 0 aromatic rings. The second-order valence-electron chi connectivity index (χ2n) is 18.7. The van der Waals surface area contributed by atoms with Crippen LogP contribution in [0.25, 0.3) is 0 Å². The van der Waals surface area contributed by atoms with Crippen LogP contribution >= 0.6 is 0 Å². The van der Waals surface area contributed by atoms with Crippen molar-refractivity contribution in [3.05, 3.63) is 60.8 Å². The highest BCUT2D eigenvalue weighted by Gasteiger charge is 2.16. The Balaban J connectivity index is 0. The third-order valence-electron chi connectivity index (χ3n) is 12.3. The highest BCUT2D eigenvalue weighted by atomic mass is 16.5. The highest BCUT2D eigenvalue weighted by Crippen LogP contribution is 2.20. The molecule has 0 aromatic heterocycles. The van der Waals surface area contributed by atoms with Crippen LogP contribution in [0.15, 0.2) is 60.8 Å². The molecule has 1 N–H and O–H groups in total. The van der Waals surface area contributed by atoms with Gasteiger partial charge in [-0.15, -0.1) is 0 Å². The van der Waals surface area contributed by atoms with Crippen LogP contribution in [-0.2, 0) is 14.3 Å². The topological polar surface area (TPSA) is 63.6 Å². The van der Waals surface area contributed by atoms with Crippen molar-refractivity contribution >= 4 is 11.9 Å². The first kappa shape index (κ1) is 63.7. The van der Waals surface area contributed by atoms with E-state index in [1.54, 1.807) is 0 Å². The van der Waals surface area contributed by atoms with Crippen LogP contribution in [-0.4, -0.2) is 23.7 Å². The van der Waals surface area contributed by atoms with E-state index in [2.05, 4.69) is 88.5 Å². The maximum atomic E-state index is 11.7. The quantitative estimate of drug-likeness (QED) is 0.0375. The number of ether oxygens (including phenoxy) is 1. The van der Waals surface area contributed by atoms with E-state index in [1.807, 2.05) is 0 Å². The largest absolute Gasteiger partial charge is 0.481 e. The molecule has 0 aromatic carbocycles. The van der Waals surface area contributed by atoms with Crippen LogP contribution in [0.1, 0.15) is 297 Å². The van der Waals surface area contributed by atoms with Crippen molar-refractivity contribution in [3.63, 3.8) is 0 Å². The van der Waals surface area contributed by atoms with Crippen molar-refractivity contribution in [1.29, 1.82) is 0 Å². The van der Waals surface area contributed by atoms with Gasteiger partial charge in [-0.05, 0) is 116 Å². The molecule has 1 atom stereocenters. The summed E-state index contributed by atoms with van der Waals surface area (Å²) in [4.78, 5) is 23.1. The Bertz CT molecular complexity index is 1070. The molecule has 0 saturated heterocycles. The third-order valence-corrected chi connectivity index (χ3v) is 12.3. The van der Waals surface area contributed by atoms with Gasteiger partial charge in [0.25, 0.3) is 0 Å². The average Bonchev–Trinajstić information content (AvgIpc) is 3.29. The molecule has 0 amide bonds. The summed E-state index contributed by atoms with van der Waals surface area (Å²) in [5.74, 6) is -0.723. The van der Waals surface area contributed by atoms with Crippen LogP contribution in [0.3, 0.4) is 0 Å². The fourth-order valence-electron chi connectivity index (χ4n) is 7.89. The predicted molar refractivity (Wildman–Crippen MR) is 284 cm³/mol. The van der Waals surface area contributed by atoms with Gasteiger partial charge in [-0.3, -0.25) is 9.59 Å². The number of allylic oxidation sites excluding steroid dienone is 10. The van der Waals surface area contributed by atoms with Gasteiger partial charge in [0.2, 0.25) is 0 Å². The van der Waals surface area contributed by atoms with Gasteiger partial charge in [0, 0.05) is 6.42 Å². The number of carboxylic acids is 1. The first-order valence-electron chi connectivity index (χ1n) is 28.2. The molecule has 0 aliphatic heterocycles. The van der Waals surface area contributed by atoms with Gasteiger partial charge < -0.3 is 9.84 Å². The van der Waals surface area contributed by atoms with E-state index in [1.165, 1.54) is 193 Å². The molecule has 4 nitrogen and oxygen atoms in total. The van der Waals surface area contributed by atoms with E-state index in [0.29, 0.717) is 13.0 Å². The number of carbonyl (C=O) groups excluding carboxylic acids is 1. The Hall–Kier alpha value is -2.36. The summed E-state index contributed by atoms with van der Waals surface area (Å²) < 4.78 is 5.15. The summed E-state index contributed by atoms with van der Waals surface area (Å²) >= 11 is 0. The standard InChI is InChI=1S/C38H70O2.C22H40O2/c1-3-5-7-9-11-13-15-17-19-20-21-22-24-26-28-30-32-34-36-37(38(39)40)35-33-31-29-27-25-23-18-16-14-12-10-8-6-4-2;1-3-5-7-8-9-10-11-12-13-14-15-16-17-18-19-20-22(23)24-21-6-4-2/h12,14,17-19,23,37H,3-11,13,15-16,20-22,24-36H2,1-2H3,(H,39,40);9-10,12-13H,3-8,11,14-21H2,1-2H3/b14-12-,19-17-,23-18-;10-9-,13-12-. The molecule has 0 aliphatic carbocycles. The third kappa shape index (κ3) is 57.7. The lowest BCUT2D eigenvalue weighted by molar-refractivity contribution is -0.144. The molecule has 0 fully saturated rings. The van der Waals surface area contributed by atoms with Crippen LogP contribution in [0.5, 0.6) is 0 Å². The first-order valence-corrected chi connectivity index (χ1v) is 28.2. The second kappa shape index (κ2) is 58.7. The average molecular weight is 896 g/mol. The molecule has 1 unspecified atom stereocenters. The zero-order chi connectivity index (χ0) is 46.9. The Kier molecular flexibility index (Phi) is 58.4. The number of hydrogen-bond donors (Lipinski definition) is 1. The minimum atomic E-state index is -0.577. The molecule has 374 valence electrons. The van der Waals surface area contributed by atoms with Crippen molar-refractivity contribution < 1.29 is 19.4 Å². The van der Waals surface area contributed by atoms with Crippen molar-refractivity contribution in [2.24, 2.45) is 5.92 Å². The molecule has 4 heteroatoms. The minimum Gasteiger partial charge on any atom is -0.481 e. The Morgan fingerprint density at radius 1 is 0.359 bits per heavy atom. The molecule has 0 rings (SSSR count). The summed E-state index contributed by atoms with van der Waals surface area (Å²) in [5.41, 5.74) is 0. The van der Waals surface area contributed by atoms with Gasteiger partial charge in [0.1, 0.15) is 0 Å². The smallest absolute Gasteiger partial charge is 0.306 e. The van der Waals surface area contributed by atoms with Gasteiger partial charge in [0.05, 0.1) is 12.5 Å². The maximum Gasteiger partial charge on any atom is 0.306 e. The molecule has 0 saturated carbocycles. The molecule has 0 bridgehead atoms. The van der Waals surface area contributed by atoms with E-state index in [-0.39, 0.29) is 11.9 Å². The van der Waals surface area contributed by atoms with E-state index >= 15 is 0 Å². The lowest BCUT2D eigenvalue weighted by atomic mass is 9.94. The number of carboxylic acid groups (broad SMARTS) is 1. The monoisotopic (exact) mass is 895 g/mol. The lowest BCUT2D eigenvalue weighted by Crippen LogP contribution is -2.13. The maximum absolute atomic E-state index is 11.7. The van der Waals surface area contributed by atoms with E-state index < -0.39 is 5.97 Å². The van der Waals surface area contributed by atoms with E-state index in [0.717, 1.165) is 70.6 Å². The van der Waals surface area contributed by atoms with E-state index in [9.17, 15) is 14.7 Å². The minimum absolute atomic E-state index is 0.0193. The molecular weight excluding hydrogens is 785 g/mol. The van der Waals surface area contributed by atoms with Crippen molar-refractivity contribution in [1.82, 2.24) is 0 Å². The predicted octanol–water partition coefficient (Wildman–Crippen LogP) is 20.5. The molecule has 0 heterocycles. The van der Waals surface area contributed by atoms with Gasteiger partial charge >= 0.3 is 11.9 Å². The number of hydrogen-bond acceptors (Lipinski definition) is 3. The van der Waals surface area contributed by atoms with Crippen molar-refractivity contribution in [2.45, 2.75) is 297 Å². The van der Waals surface area contributed by atoms with Crippen LogP contribution in [0.2, 0.25) is 0 Å². The highest BCUT2D eigenvalue weighted by molar-refractivity contribution is 5.70. The summed E-state index contributed by atoms with van der Waals surface area (Å²) in [6.45, 7) is 9.47. The lowest BCUT2D eigenvalue weighted by Gasteiger charge is -2.12. The fourth-order valence-corrected chi connectivity index (χ4v) is 7.89. The Morgan fingerprint density at radius 2 is 0.641 bits per heavy atom. The Morgan fingerprint density at radius 3 is 1.00 bits per heavy atom. The zero-order valence-corrected chi connectivity index (χ0v) is 43.4. The number of unbranched alkanes of at least 4 members (excludes halogenated alkanes) is 30. The number of rotatable bonds is 49. The normalized spacial score (nSPS) is 12.4. The van der Waals surface area contributed by atoms with Crippen molar-refractivity contribution in [2.75, 3.05) is 6.61 Å². The fraction of sp³-hybridized carbons (Fsp3) is 0.800. The first-order chi connectivity index (χ1) is 31.5. The summed E-state index contributed by atoms with van der Waals surface area (Å²) in [6.07, 6.45) is 74.1. The Labute approximate surface area is 400 Å². The van der Waals surface area contributed by atoms with Gasteiger partial charge in [-0.25, -0.2) is 0 Å². The second-order valence-corrected chi connectivity index (χ2v) is 18.7. The van der Waals surface area contributed by atoms with Gasteiger partial charge in [-0.1, -0.05) is 236 Å². The number of esters is 1. The van der Waals surface area contributed by atoms with Crippen LogP contribution < -0.4 is 0 Å². The number of aliphatic carboxylic acids is 1. The summed E-state index contributed by atoms with van der Waals surface area (Å²) in [6, 6.07) is 0. The van der Waals surface area contributed by atoms with Crippen LogP contribution in [0, 0.1) is 5.92 Å². The number of carbonyl (C=O) groups is 2. The SMILES string of the molecule is CCCCC/C=C\C/C=C\CCCCCCC(CCCCCCCCCC/C=C\CCCCCCCC)C(=O)O.CCCCC/C=C\C/C=C\CCCCCCCC(=O)OCCCC. The molecule has 0 radical (unpaired) electrons. The summed E-state index contributed by atoms with van der Waals surface area (Å²) in [5, 5.41) is 9.60. The molecule has 0 aliphatic rings. The molecular formula is C60H110O4. The van der Waals surface area contributed by atoms with E-state index in [4.69, 9.17) is 4.74 Å². The van der Waals surface area contributed by atoms with Crippen LogP contribution in [0.4, 0.5) is 0 Å².